The van der Waals surface area contributed by atoms with E-state index in [1.165, 1.54) is 11.8 Å². The first kappa shape index (κ1) is 13.0. The highest BCUT2D eigenvalue weighted by Gasteiger charge is 2.37. The average Bonchev–Trinajstić information content (AvgIpc) is 2.36. The van der Waals surface area contributed by atoms with Crippen LogP contribution in [-0.4, -0.2) is 29.5 Å². The lowest BCUT2D eigenvalue weighted by molar-refractivity contribution is -0.138. The third-order valence-electron chi connectivity index (χ3n) is 3.51. The fourth-order valence-corrected chi connectivity index (χ4v) is 3.74. The maximum absolute atomic E-state index is 13.5. The number of anilines is 1. The zero-order chi connectivity index (χ0) is 13.6. The van der Waals surface area contributed by atoms with Gasteiger partial charge in [-0.15, -0.1) is 11.8 Å². The van der Waals surface area contributed by atoms with E-state index in [0.29, 0.717) is 22.9 Å². The number of rotatable bonds is 0. The first-order chi connectivity index (χ1) is 8.95. The molecule has 1 fully saturated rings. The number of aromatic nitrogens is 1. The van der Waals surface area contributed by atoms with Gasteiger partial charge in [-0.25, -0.2) is 9.37 Å². The molecular formula is C12H12F4N2S. The number of pyridine rings is 1. The Balaban J connectivity index is 1.95. The third-order valence-corrected chi connectivity index (χ3v) is 4.68. The minimum atomic E-state index is -4.38. The van der Waals surface area contributed by atoms with Gasteiger partial charge in [0.1, 0.15) is 12.0 Å². The third kappa shape index (κ3) is 2.40. The summed E-state index contributed by atoms with van der Waals surface area (Å²) >= 11 is 1.38. The number of hydrogen-bond acceptors (Lipinski definition) is 3. The van der Waals surface area contributed by atoms with Gasteiger partial charge in [-0.2, -0.15) is 13.2 Å². The van der Waals surface area contributed by atoms with Crippen molar-refractivity contribution >= 4 is 17.6 Å². The Morgan fingerprint density at radius 2 is 2.11 bits per heavy atom. The maximum Gasteiger partial charge on any atom is 0.417 e. The second kappa shape index (κ2) is 4.54. The molecule has 2 aliphatic heterocycles. The van der Waals surface area contributed by atoms with E-state index in [2.05, 4.69) is 4.98 Å². The van der Waals surface area contributed by atoms with Gasteiger partial charge in [-0.1, -0.05) is 0 Å². The molecule has 19 heavy (non-hydrogen) atoms. The second-order valence-corrected chi connectivity index (χ2v) is 5.90. The summed E-state index contributed by atoms with van der Waals surface area (Å²) in [7, 11) is 0. The van der Waals surface area contributed by atoms with Crippen LogP contribution in [0.2, 0.25) is 0 Å². The zero-order valence-electron chi connectivity index (χ0n) is 9.95. The molecular weight excluding hydrogens is 280 g/mol. The quantitative estimate of drug-likeness (QED) is 0.681. The van der Waals surface area contributed by atoms with Crippen molar-refractivity contribution in [2.24, 2.45) is 0 Å². The van der Waals surface area contributed by atoms with E-state index < -0.39 is 17.9 Å². The molecule has 3 rings (SSSR count). The Morgan fingerprint density at radius 3 is 2.84 bits per heavy atom. The molecule has 0 bridgehead atoms. The smallest absolute Gasteiger partial charge is 0.349 e. The van der Waals surface area contributed by atoms with Gasteiger partial charge in [-0.05, 0) is 18.9 Å². The van der Waals surface area contributed by atoms with Crippen LogP contribution in [0, 0.1) is 0 Å². The number of piperidine rings is 1. The van der Waals surface area contributed by atoms with Crippen molar-refractivity contribution in [3.05, 3.63) is 17.8 Å². The molecule has 104 valence electrons. The predicted molar refractivity (Wildman–Crippen MR) is 65.2 cm³/mol. The normalized spacial score (nSPS) is 26.8. The summed E-state index contributed by atoms with van der Waals surface area (Å²) in [5.74, 6) is 1.19. The van der Waals surface area contributed by atoms with Crippen molar-refractivity contribution < 1.29 is 17.6 Å². The Kier molecular flexibility index (Phi) is 3.11. The van der Waals surface area contributed by atoms with E-state index in [9.17, 15) is 17.6 Å². The monoisotopic (exact) mass is 292 g/mol. The summed E-state index contributed by atoms with van der Waals surface area (Å²) in [5.41, 5.74) is -0.744. The van der Waals surface area contributed by atoms with Crippen LogP contribution < -0.4 is 4.90 Å². The van der Waals surface area contributed by atoms with Gasteiger partial charge >= 0.3 is 6.18 Å². The highest BCUT2D eigenvalue weighted by molar-refractivity contribution is 7.99. The van der Waals surface area contributed by atoms with Crippen LogP contribution in [0.3, 0.4) is 0 Å². The molecule has 2 nitrogen and oxygen atoms in total. The minimum absolute atomic E-state index is 0.189. The fraction of sp³-hybridized carbons (Fsp3) is 0.583. The predicted octanol–water partition coefficient (Wildman–Crippen LogP) is 3.51. The number of nitrogens with zero attached hydrogens (tertiary/aromatic N) is 2. The molecule has 1 aromatic heterocycles. The molecule has 0 N–H and O–H groups in total. The molecule has 2 aliphatic rings. The fourth-order valence-electron chi connectivity index (χ4n) is 2.52. The van der Waals surface area contributed by atoms with Crippen molar-refractivity contribution in [1.82, 2.24) is 4.98 Å². The summed E-state index contributed by atoms with van der Waals surface area (Å²) in [4.78, 5) is 6.24. The van der Waals surface area contributed by atoms with E-state index in [4.69, 9.17) is 0 Å². The summed E-state index contributed by atoms with van der Waals surface area (Å²) in [6.45, 7) is 0.233. The van der Waals surface area contributed by atoms with Crippen LogP contribution in [-0.2, 0) is 6.18 Å². The van der Waals surface area contributed by atoms with Gasteiger partial charge in [0.15, 0.2) is 0 Å². The standard InChI is InChI=1S/C12H12F4N2S/c13-8-1-2-9-6-19-10-3-7(12(14,15)16)4-17-11(10)18(9)5-8/h3-4,8-9H,1-2,5-6H2. The molecule has 0 aromatic carbocycles. The van der Waals surface area contributed by atoms with E-state index >= 15 is 0 Å². The summed E-state index contributed by atoms with van der Waals surface area (Å²) in [6.07, 6.45) is -3.21. The first-order valence-electron chi connectivity index (χ1n) is 6.06. The molecule has 3 heterocycles. The van der Waals surface area contributed by atoms with Crippen molar-refractivity contribution in [1.29, 1.82) is 0 Å². The molecule has 0 spiro atoms. The van der Waals surface area contributed by atoms with E-state index in [0.717, 1.165) is 18.7 Å². The largest absolute Gasteiger partial charge is 0.417 e. The van der Waals surface area contributed by atoms with E-state index in [1.807, 2.05) is 4.90 Å². The lowest BCUT2D eigenvalue weighted by Gasteiger charge is -2.41. The zero-order valence-corrected chi connectivity index (χ0v) is 10.8. The van der Waals surface area contributed by atoms with Crippen molar-refractivity contribution in [3.63, 3.8) is 0 Å². The van der Waals surface area contributed by atoms with Gasteiger partial charge in [0.2, 0.25) is 0 Å². The Hall–Kier alpha value is -0.980. The summed E-state index contributed by atoms with van der Waals surface area (Å²) < 4.78 is 51.4. The Morgan fingerprint density at radius 1 is 1.32 bits per heavy atom. The lowest BCUT2D eigenvalue weighted by atomic mass is 10.0. The number of thioether (sulfide) groups is 1. The summed E-state index contributed by atoms with van der Waals surface area (Å²) in [6, 6.07) is 1.30. The van der Waals surface area contributed by atoms with Crippen molar-refractivity contribution in [2.45, 2.75) is 36.1 Å². The maximum atomic E-state index is 13.5. The molecule has 0 saturated carbocycles. The average molecular weight is 292 g/mol. The molecule has 2 unspecified atom stereocenters. The number of alkyl halides is 4. The van der Waals surface area contributed by atoms with Gasteiger partial charge in [-0.3, -0.25) is 0 Å². The molecule has 1 saturated heterocycles. The van der Waals surface area contributed by atoms with Gasteiger partial charge < -0.3 is 4.90 Å². The topological polar surface area (TPSA) is 16.1 Å². The lowest BCUT2D eigenvalue weighted by Crippen LogP contribution is -2.48. The van der Waals surface area contributed by atoms with Crippen LogP contribution in [0.5, 0.6) is 0 Å². The minimum Gasteiger partial charge on any atom is -0.349 e. The van der Waals surface area contributed by atoms with Gasteiger partial charge in [0, 0.05) is 18.0 Å². The second-order valence-electron chi connectivity index (χ2n) is 4.84. The molecule has 0 aliphatic carbocycles. The van der Waals surface area contributed by atoms with E-state index in [-0.39, 0.29) is 12.6 Å². The van der Waals surface area contributed by atoms with Crippen LogP contribution in [0.25, 0.3) is 0 Å². The van der Waals surface area contributed by atoms with Gasteiger partial charge in [0.25, 0.3) is 0 Å². The number of hydrogen-bond donors (Lipinski definition) is 0. The first-order valence-corrected chi connectivity index (χ1v) is 7.04. The molecule has 7 heteroatoms. The van der Waals surface area contributed by atoms with Crippen LogP contribution >= 0.6 is 11.8 Å². The molecule has 1 aromatic rings. The van der Waals surface area contributed by atoms with Crippen molar-refractivity contribution in [3.8, 4) is 0 Å². The number of halogens is 4. The number of fused-ring (bicyclic) bond motifs is 3. The van der Waals surface area contributed by atoms with Crippen LogP contribution in [0.15, 0.2) is 17.2 Å². The molecule has 0 radical (unpaired) electrons. The molecule has 2 atom stereocenters. The molecule has 0 amide bonds. The SMILES string of the molecule is FC1CCC2CSc3cc(C(F)(F)F)cnc3N2C1. The highest BCUT2D eigenvalue weighted by Crippen LogP contribution is 2.42. The van der Waals surface area contributed by atoms with Crippen LogP contribution in [0.4, 0.5) is 23.4 Å². The summed E-state index contributed by atoms with van der Waals surface area (Å²) in [5, 5.41) is 0. The van der Waals surface area contributed by atoms with Crippen molar-refractivity contribution in [2.75, 3.05) is 17.2 Å². The van der Waals surface area contributed by atoms with Gasteiger partial charge in [0.05, 0.1) is 17.0 Å². The van der Waals surface area contributed by atoms with Crippen LogP contribution in [0.1, 0.15) is 18.4 Å². The van der Waals surface area contributed by atoms with E-state index in [1.54, 1.807) is 0 Å². The Labute approximate surface area is 112 Å². The highest BCUT2D eigenvalue weighted by atomic mass is 32.2. The Bertz CT molecular complexity index is 491.